The van der Waals surface area contributed by atoms with Gasteiger partial charge in [0, 0.05) is 11.5 Å². The summed E-state index contributed by atoms with van der Waals surface area (Å²) in [6.07, 6.45) is 4.00. The molecule has 0 bridgehead atoms. The summed E-state index contributed by atoms with van der Waals surface area (Å²) >= 11 is 1.53. The molecule has 0 saturated heterocycles. The first-order valence-corrected chi connectivity index (χ1v) is 10.3. The molecule has 3 heterocycles. The van der Waals surface area contributed by atoms with Gasteiger partial charge in [-0.1, -0.05) is 29.1 Å². The number of thioether (sulfide) groups is 1. The zero-order chi connectivity index (χ0) is 19.6. The molecule has 1 saturated carbocycles. The van der Waals surface area contributed by atoms with Gasteiger partial charge < -0.3 is 13.7 Å². The molecular weight excluding hydrogens is 390 g/mol. The molecule has 29 heavy (non-hydrogen) atoms. The van der Waals surface area contributed by atoms with Gasteiger partial charge in [-0.2, -0.15) is 4.98 Å². The van der Waals surface area contributed by atoms with Crippen LogP contribution in [0.4, 0.5) is 0 Å². The van der Waals surface area contributed by atoms with E-state index < -0.39 is 0 Å². The lowest BCUT2D eigenvalue weighted by molar-refractivity contribution is 0.391. The average Bonchev–Trinajstić information content (AvgIpc) is 3.13. The minimum absolute atomic E-state index is 0.495. The van der Waals surface area contributed by atoms with Crippen LogP contribution in [0.15, 0.2) is 56.8 Å². The van der Waals surface area contributed by atoms with Crippen LogP contribution in [-0.2, 0) is 12.3 Å². The van der Waals surface area contributed by atoms with E-state index in [0.717, 1.165) is 40.9 Å². The first kappa shape index (κ1) is 18.0. The molecule has 0 radical (unpaired) electrons. The molecule has 1 aliphatic rings. The fraction of sp³-hybridized carbons (Fsp3) is 0.300. The fourth-order valence-corrected chi connectivity index (χ4v) is 3.86. The Kier molecular flexibility index (Phi) is 4.81. The third kappa shape index (κ3) is 3.91. The molecule has 1 aromatic carbocycles. The zero-order valence-corrected chi connectivity index (χ0v) is 16.6. The van der Waals surface area contributed by atoms with Gasteiger partial charge in [0.2, 0.25) is 11.7 Å². The molecule has 0 unspecified atom stereocenters. The Bertz CT molecular complexity index is 1100. The van der Waals surface area contributed by atoms with E-state index in [1.165, 1.54) is 11.8 Å². The van der Waals surface area contributed by atoms with E-state index in [-0.39, 0.29) is 0 Å². The van der Waals surface area contributed by atoms with Crippen molar-refractivity contribution in [3.8, 4) is 17.1 Å². The quantitative estimate of drug-likeness (QED) is 0.401. The maximum Gasteiger partial charge on any atom is 0.237 e. The standard InChI is InChI=1S/C20H19N5O3S/c1-26-15-5-2-4-14(10-15)18-21-17(28-24-18)12-29-20-23-22-19(13-7-8-13)25(20)11-16-6-3-9-27-16/h2-6,9-10,13H,7-8,11-12H2,1H3. The number of benzene rings is 1. The van der Waals surface area contributed by atoms with Gasteiger partial charge in [-0.25, -0.2) is 0 Å². The third-order valence-electron chi connectivity index (χ3n) is 4.70. The number of hydrogen-bond acceptors (Lipinski definition) is 8. The van der Waals surface area contributed by atoms with Crippen LogP contribution in [0.3, 0.4) is 0 Å². The maximum absolute atomic E-state index is 5.51. The number of ether oxygens (including phenoxy) is 1. The van der Waals surface area contributed by atoms with Crippen LogP contribution >= 0.6 is 11.8 Å². The summed E-state index contributed by atoms with van der Waals surface area (Å²) in [7, 11) is 1.63. The number of hydrogen-bond donors (Lipinski definition) is 0. The highest BCUT2D eigenvalue weighted by Gasteiger charge is 2.30. The second-order valence-corrected chi connectivity index (χ2v) is 7.76. The molecule has 0 amide bonds. The second-order valence-electron chi connectivity index (χ2n) is 6.81. The molecule has 0 aliphatic heterocycles. The van der Waals surface area contributed by atoms with Gasteiger partial charge in [-0.3, -0.25) is 4.57 Å². The van der Waals surface area contributed by atoms with Crippen molar-refractivity contribution in [2.45, 2.75) is 36.2 Å². The van der Waals surface area contributed by atoms with Gasteiger partial charge in [-0.15, -0.1) is 10.2 Å². The van der Waals surface area contributed by atoms with Crippen LogP contribution in [-0.4, -0.2) is 32.0 Å². The Hall–Kier alpha value is -3.07. The summed E-state index contributed by atoms with van der Waals surface area (Å²) < 4.78 is 18.3. The molecule has 0 N–H and O–H groups in total. The first-order valence-electron chi connectivity index (χ1n) is 9.35. The predicted octanol–water partition coefficient (Wildman–Crippen LogP) is 4.15. The summed E-state index contributed by atoms with van der Waals surface area (Å²) in [6, 6.07) is 11.4. The number of rotatable bonds is 8. The topological polar surface area (TPSA) is 92.0 Å². The Morgan fingerprint density at radius 1 is 1.21 bits per heavy atom. The van der Waals surface area contributed by atoms with E-state index in [9.17, 15) is 0 Å². The highest BCUT2D eigenvalue weighted by atomic mass is 32.2. The van der Waals surface area contributed by atoms with Crippen molar-refractivity contribution in [2.75, 3.05) is 7.11 Å². The fourth-order valence-electron chi connectivity index (χ4n) is 3.08. The Balaban J connectivity index is 1.32. The molecule has 0 atom stereocenters. The maximum atomic E-state index is 5.51. The normalized spacial score (nSPS) is 13.7. The second kappa shape index (κ2) is 7.75. The molecule has 3 aromatic heterocycles. The Morgan fingerprint density at radius 2 is 2.14 bits per heavy atom. The van der Waals surface area contributed by atoms with E-state index in [4.69, 9.17) is 13.7 Å². The highest BCUT2D eigenvalue weighted by Crippen LogP contribution is 2.40. The summed E-state index contributed by atoms with van der Waals surface area (Å²) in [5, 5.41) is 13.7. The van der Waals surface area contributed by atoms with E-state index in [1.807, 2.05) is 36.4 Å². The molecule has 0 spiro atoms. The largest absolute Gasteiger partial charge is 0.497 e. The molecule has 9 heteroatoms. The van der Waals surface area contributed by atoms with Gasteiger partial charge >= 0.3 is 0 Å². The van der Waals surface area contributed by atoms with E-state index in [2.05, 4.69) is 24.9 Å². The average molecular weight is 409 g/mol. The zero-order valence-electron chi connectivity index (χ0n) is 15.8. The smallest absolute Gasteiger partial charge is 0.237 e. The third-order valence-corrected chi connectivity index (χ3v) is 5.65. The number of nitrogens with zero attached hydrogens (tertiary/aromatic N) is 5. The number of aromatic nitrogens is 5. The SMILES string of the molecule is COc1cccc(-c2noc(CSc3nnc(C4CC4)n3Cc3ccco3)n2)c1. The van der Waals surface area contributed by atoms with E-state index in [1.54, 1.807) is 13.4 Å². The number of methoxy groups -OCH3 is 1. The minimum Gasteiger partial charge on any atom is -0.497 e. The number of furan rings is 1. The molecule has 8 nitrogen and oxygen atoms in total. The van der Waals surface area contributed by atoms with Crippen molar-refractivity contribution < 1.29 is 13.7 Å². The van der Waals surface area contributed by atoms with Crippen LogP contribution in [0.5, 0.6) is 5.75 Å². The van der Waals surface area contributed by atoms with Crippen molar-refractivity contribution in [1.82, 2.24) is 24.9 Å². The lowest BCUT2D eigenvalue weighted by Crippen LogP contribution is -2.05. The van der Waals surface area contributed by atoms with Gasteiger partial charge in [-0.05, 0) is 37.1 Å². The molecule has 1 aliphatic carbocycles. The molecule has 148 valence electrons. The monoisotopic (exact) mass is 409 g/mol. The molecule has 1 fully saturated rings. The first-order chi connectivity index (χ1) is 14.3. The van der Waals surface area contributed by atoms with Gasteiger partial charge in [0.15, 0.2) is 5.16 Å². The molecule has 5 rings (SSSR count). The van der Waals surface area contributed by atoms with Crippen LogP contribution in [0.2, 0.25) is 0 Å². The Morgan fingerprint density at radius 3 is 2.93 bits per heavy atom. The van der Waals surface area contributed by atoms with Gasteiger partial charge in [0.1, 0.15) is 17.3 Å². The van der Waals surface area contributed by atoms with Crippen LogP contribution < -0.4 is 4.74 Å². The van der Waals surface area contributed by atoms with Crippen molar-refractivity contribution >= 4 is 11.8 Å². The summed E-state index contributed by atoms with van der Waals surface area (Å²) in [6.45, 7) is 0.618. The minimum atomic E-state index is 0.495. The highest BCUT2D eigenvalue weighted by molar-refractivity contribution is 7.98. The lowest BCUT2D eigenvalue weighted by Gasteiger charge is -2.07. The van der Waals surface area contributed by atoms with Crippen LogP contribution in [0.25, 0.3) is 11.4 Å². The van der Waals surface area contributed by atoms with Gasteiger partial charge in [0.05, 0.1) is 25.7 Å². The van der Waals surface area contributed by atoms with Crippen molar-refractivity contribution in [3.05, 3.63) is 60.1 Å². The summed E-state index contributed by atoms with van der Waals surface area (Å²) in [5.41, 5.74) is 0.848. The molecular formula is C20H19N5O3S. The van der Waals surface area contributed by atoms with E-state index in [0.29, 0.717) is 29.9 Å². The van der Waals surface area contributed by atoms with Crippen LogP contribution in [0.1, 0.15) is 36.2 Å². The Labute approximate surface area is 171 Å². The van der Waals surface area contributed by atoms with Crippen molar-refractivity contribution in [2.24, 2.45) is 0 Å². The van der Waals surface area contributed by atoms with Crippen LogP contribution in [0, 0.1) is 0 Å². The van der Waals surface area contributed by atoms with Crippen molar-refractivity contribution in [1.29, 1.82) is 0 Å². The van der Waals surface area contributed by atoms with Crippen molar-refractivity contribution in [3.63, 3.8) is 0 Å². The predicted molar refractivity (Wildman–Crippen MR) is 106 cm³/mol. The van der Waals surface area contributed by atoms with Gasteiger partial charge in [0.25, 0.3) is 0 Å². The molecule has 4 aromatic rings. The lowest BCUT2D eigenvalue weighted by atomic mass is 10.2. The van der Waals surface area contributed by atoms with E-state index >= 15 is 0 Å². The summed E-state index contributed by atoms with van der Waals surface area (Å²) in [4.78, 5) is 4.50. The summed E-state index contributed by atoms with van der Waals surface area (Å²) in [5.74, 6) is 4.73.